The maximum Gasteiger partial charge on any atom is 0.271 e. The second-order valence-corrected chi connectivity index (χ2v) is 6.14. The Morgan fingerprint density at radius 3 is 2.95 bits per heavy atom. The Morgan fingerprint density at radius 2 is 2.27 bits per heavy atom. The number of aliphatic hydroxyl groups is 1. The molecule has 1 saturated heterocycles. The summed E-state index contributed by atoms with van der Waals surface area (Å²) in [5, 5.41) is 17.2. The molecule has 0 radical (unpaired) electrons. The van der Waals surface area contributed by atoms with Gasteiger partial charge in [-0.25, -0.2) is 0 Å². The van der Waals surface area contributed by atoms with Crippen molar-refractivity contribution in [3.8, 4) is 11.4 Å². The van der Waals surface area contributed by atoms with Gasteiger partial charge in [-0.15, -0.1) is 0 Å². The van der Waals surface area contributed by atoms with Crippen LogP contribution in [0.15, 0.2) is 30.5 Å². The van der Waals surface area contributed by atoms with Gasteiger partial charge in [0.15, 0.2) is 0 Å². The molecule has 0 bridgehead atoms. The second-order valence-electron chi connectivity index (χ2n) is 6.14. The van der Waals surface area contributed by atoms with Gasteiger partial charge < -0.3 is 10.0 Å². The first-order chi connectivity index (χ1) is 10.5. The van der Waals surface area contributed by atoms with Gasteiger partial charge in [-0.1, -0.05) is 13.0 Å². The van der Waals surface area contributed by atoms with Crippen LogP contribution >= 0.6 is 0 Å². The summed E-state index contributed by atoms with van der Waals surface area (Å²) in [6, 6.07) is 7.29. The summed E-state index contributed by atoms with van der Waals surface area (Å²) in [6.07, 6.45) is 2.28. The van der Waals surface area contributed by atoms with Crippen molar-refractivity contribution in [2.24, 2.45) is 5.92 Å². The number of hydrogen-bond acceptors (Lipinski definition) is 4. The molecule has 1 amide bonds. The van der Waals surface area contributed by atoms with Crippen molar-refractivity contribution in [2.75, 3.05) is 13.1 Å². The standard InChI is InChI=1S/C16H20N4O2/c1-11-10-20(8-6-16(11,2)22)15(21)14-9-13(18-19-14)12-5-3-4-7-17-12/h3-5,7,9,11,22H,6,8,10H2,1-2H3,(H,18,19)/t11-,16+/m1/s1. The summed E-state index contributed by atoms with van der Waals surface area (Å²) in [5.74, 6) is -0.0413. The third-order valence-electron chi connectivity index (χ3n) is 4.47. The molecule has 2 aromatic rings. The molecule has 0 unspecified atom stereocenters. The summed E-state index contributed by atoms with van der Waals surface area (Å²) in [5.41, 5.74) is 1.13. The van der Waals surface area contributed by atoms with Crippen molar-refractivity contribution in [3.05, 3.63) is 36.2 Å². The minimum absolute atomic E-state index is 0.0448. The SMILES string of the molecule is C[C@@H]1CN(C(=O)c2cc(-c3ccccn3)n[nH]2)CC[C@]1(C)O. The van der Waals surface area contributed by atoms with Gasteiger partial charge in [-0.2, -0.15) is 5.10 Å². The van der Waals surface area contributed by atoms with E-state index in [1.807, 2.05) is 32.0 Å². The van der Waals surface area contributed by atoms with Gasteiger partial charge in [-0.05, 0) is 31.5 Å². The van der Waals surface area contributed by atoms with Crippen LogP contribution in [0.25, 0.3) is 11.4 Å². The van der Waals surface area contributed by atoms with Crippen LogP contribution < -0.4 is 0 Å². The zero-order valence-corrected chi connectivity index (χ0v) is 12.8. The maximum atomic E-state index is 12.6. The van der Waals surface area contributed by atoms with Crippen LogP contribution in [0.2, 0.25) is 0 Å². The number of aromatic nitrogens is 3. The number of rotatable bonds is 2. The molecule has 6 heteroatoms. The van der Waals surface area contributed by atoms with Crippen LogP contribution in [0, 0.1) is 5.92 Å². The number of carbonyl (C=O) groups is 1. The van der Waals surface area contributed by atoms with Crippen LogP contribution in [0.1, 0.15) is 30.8 Å². The number of amides is 1. The van der Waals surface area contributed by atoms with Gasteiger partial charge in [0.25, 0.3) is 5.91 Å². The number of H-pyrrole nitrogens is 1. The number of carbonyl (C=O) groups excluding carboxylic acids is 1. The summed E-state index contributed by atoms with van der Waals surface area (Å²) in [4.78, 5) is 18.5. The third-order valence-corrected chi connectivity index (χ3v) is 4.47. The summed E-state index contributed by atoms with van der Waals surface area (Å²) in [7, 11) is 0. The highest BCUT2D eigenvalue weighted by Crippen LogP contribution is 2.28. The molecule has 22 heavy (non-hydrogen) atoms. The number of hydrogen-bond donors (Lipinski definition) is 2. The predicted molar refractivity (Wildman–Crippen MR) is 82.1 cm³/mol. The molecular weight excluding hydrogens is 280 g/mol. The Labute approximate surface area is 129 Å². The number of pyridine rings is 1. The lowest BCUT2D eigenvalue weighted by molar-refractivity contribution is -0.0440. The first-order valence-electron chi connectivity index (χ1n) is 7.46. The molecule has 3 rings (SSSR count). The minimum atomic E-state index is -0.704. The number of likely N-dealkylation sites (tertiary alicyclic amines) is 1. The Bertz CT molecular complexity index is 666. The average molecular weight is 300 g/mol. The average Bonchev–Trinajstić information content (AvgIpc) is 3.00. The van der Waals surface area contributed by atoms with Crippen molar-refractivity contribution < 1.29 is 9.90 Å². The number of piperidine rings is 1. The van der Waals surface area contributed by atoms with Crippen LogP contribution in [-0.4, -0.2) is 49.8 Å². The second kappa shape index (κ2) is 5.53. The van der Waals surface area contributed by atoms with Crippen LogP contribution in [0.5, 0.6) is 0 Å². The molecule has 2 aromatic heterocycles. The molecule has 1 fully saturated rings. The monoisotopic (exact) mass is 300 g/mol. The van der Waals surface area contributed by atoms with E-state index in [2.05, 4.69) is 15.2 Å². The van der Waals surface area contributed by atoms with E-state index in [4.69, 9.17) is 0 Å². The lowest BCUT2D eigenvalue weighted by atomic mass is 9.84. The van der Waals surface area contributed by atoms with Gasteiger partial charge >= 0.3 is 0 Å². The van der Waals surface area contributed by atoms with E-state index in [1.54, 1.807) is 17.2 Å². The van der Waals surface area contributed by atoms with Crippen molar-refractivity contribution in [1.82, 2.24) is 20.1 Å². The Morgan fingerprint density at radius 1 is 1.45 bits per heavy atom. The zero-order valence-electron chi connectivity index (χ0n) is 12.8. The van der Waals surface area contributed by atoms with Gasteiger partial charge in [0, 0.05) is 25.2 Å². The Hall–Kier alpha value is -2.21. The first kappa shape index (κ1) is 14.7. The topological polar surface area (TPSA) is 82.1 Å². The number of aromatic amines is 1. The fourth-order valence-corrected chi connectivity index (χ4v) is 2.66. The predicted octanol–water partition coefficient (Wildman–Crippen LogP) is 1.70. The molecule has 3 heterocycles. The molecule has 1 aliphatic rings. The van der Waals surface area contributed by atoms with Crippen LogP contribution in [0.3, 0.4) is 0 Å². The fourth-order valence-electron chi connectivity index (χ4n) is 2.66. The normalized spacial score (nSPS) is 25.2. The number of nitrogens with one attached hydrogen (secondary N) is 1. The van der Waals surface area contributed by atoms with Gasteiger partial charge in [0.1, 0.15) is 11.4 Å². The molecule has 2 N–H and O–H groups in total. The van der Waals surface area contributed by atoms with E-state index >= 15 is 0 Å². The van der Waals surface area contributed by atoms with E-state index in [0.717, 1.165) is 5.69 Å². The highest BCUT2D eigenvalue weighted by molar-refractivity contribution is 5.93. The van der Waals surface area contributed by atoms with Crippen molar-refractivity contribution in [1.29, 1.82) is 0 Å². The highest BCUT2D eigenvalue weighted by Gasteiger charge is 2.36. The summed E-state index contributed by atoms with van der Waals surface area (Å²) < 4.78 is 0. The molecule has 0 aromatic carbocycles. The van der Waals surface area contributed by atoms with Crippen LogP contribution in [0.4, 0.5) is 0 Å². The van der Waals surface area contributed by atoms with E-state index in [9.17, 15) is 9.90 Å². The number of nitrogens with zero attached hydrogens (tertiary/aromatic N) is 3. The molecular formula is C16H20N4O2. The molecule has 0 saturated carbocycles. The van der Waals surface area contributed by atoms with Crippen molar-refractivity contribution in [3.63, 3.8) is 0 Å². The fraction of sp³-hybridized carbons (Fsp3) is 0.438. The first-order valence-corrected chi connectivity index (χ1v) is 7.46. The van der Waals surface area contributed by atoms with Crippen molar-refractivity contribution in [2.45, 2.75) is 25.9 Å². The van der Waals surface area contributed by atoms with E-state index in [0.29, 0.717) is 30.9 Å². The third kappa shape index (κ3) is 2.74. The van der Waals surface area contributed by atoms with Crippen molar-refractivity contribution >= 4 is 5.91 Å². The van der Waals surface area contributed by atoms with Gasteiger partial charge in [-0.3, -0.25) is 14.9 Å². The van der Waals surface area contributed by atoms with Crippen LogP contribution in [-0.2, 0) is 0 Å². The smallest absolute Gasteiger partial charge is 0.271 e. The maximum absolute atomic E-state index is 12.6. The largest absolute Gasteiger partial charge is 0.390 e. The molecule has 0 spiro atoms. The Kier molecular flexibility index (Phi) is 3.70. The lowest BCUT2D eigenvalue weighted by Crippen LogP contribution is -2.50. The zero-order chi connectivity index (χ0) is 15.7. The molecule has 116 valence electrons. The van der Waals surface area contributed by atoms with Gasteiger partial charge in [0.2, 0.25) is 0 Å². The molecule has 1 aliphatic heterocycles. The Balaban J connectivity index is 1.75. The minimum Gasteiger partial charge on any atom is -0.390 e. The van der Waals surface area contributed by atoms with E-state index in [-0.39, 0.29) is 11.8 Å². The quantitative estimate of drug-likeness (QED) is 0.884. The molecule has 2 atom stereocenters. The summed E-state index contributed by atoms with van der Waals surface area (Å²) >= 11 is 0. The summed E-state index contributed by atoms with van der Waals surface area (Å²) in [6.45, 7) is 4.89. The van der Waals surface area contributed by atoms with E-state index < -0.39 is 5.60 Å². The molecule has 6 nitrogen and oxygen atoms in total. The lowest BCUT2D eigenvalue weighted by Gasteiger charge is -2.40. The van der Waals surface area contributed by atoms with E-state index in [1.165, 1.54) is 0 Å². The van der Waals surface area contributed by atoms with Gasteiger partial charge in [0.05, 0.1) is 11.3 Å². The highest BCUT2D eigenvalue weighted by atomic mass is 16.3. The molecule has 0 aliphatic carbocycles.